The van der Waals surface area contributed by atoms with Crippen LogP contribution in [0.15, 0.2) is 0 Å². The van der Waals surface area contributed by atoms with Gasteiger partial charge in [-0.25, -0.2) is 8.78 Å². The van der Waals surface area contributed by atoms with Gasteiger partial charge in [-0.05, 0) is 57.0 Å². The second-order valence-corrected chi connectivity index (χ2v) is 6.16. The Morgan fingerprint density at radius 1 is 1.16 bits per heavy atom. The Bertz CT molecular complexity index is 262. The fraction of sp³-hybridized carbons (Fsp3) is 1.00. The number of nitrogens with zero attached hydrogens (tertiary/aromatic N) is 1. The normalized spacial score (nSPS) is 31.7. The summed E-state index contributed by atoms with van der Waals surface area (Å²) in [6, 6.07) is 0. The van der Waals surface area contributed by atoms with E-state index in [9.17, 15) is 8.78 Å². The lowest BCUT2D eigenvalue weighted by molar-refractivity contribution is -0.0582. The fourth-order valence-electron chi connectivity index (χ4n) is 3.59. The predicted octanol–water partition coefficient (Wildman–Crippen LogP) is 3.29. The second-order valence-electron chi connectivity index (χ2n) is 6.16. The zero-order valence-electron chi connectivity index (χ0n) is 11.6. The van der Waals surface area contributed by atoms with Gasteiger partial charge < -0.3 is 10.6 Å². The quantitative estimate of drug-likeness (QED) is 0.862. The summed E-state index contributed by atoms with van der Waals surface area (Å²) in [5, 5.41) is 0. The van der Waals surface area contributed by atoms with E-state index in [1.54, 1.807) is 0 Å². The Balaban J connectivity index is 0.00000180. The first-order valence-corrected chi connectivity index (χ1v) is 7.39. The Morgan fingerprint density at radius 3 is 2.58 bits per heavy atom. The van der Waals surface area contributed by atoms with Crippen molar-refractivity contribution >= 4 is 12.4 Å². The van der Waals surface area contributed by atoms with Gasteiger partial charge in [-0.1, -0.05) is 0 Å². The summed E-state index contributed by atoms with van der Waals surface area (Å²) in [6.07, 6.45) is 5.41. The van der Waals surface area contributed by atoms with E-state index in [2.05, 4.69) is 4.90 Å². The van der Waals surface area contributed by atoms with Gasteiger partial charge in [-0.3, -0.25) is 0 Å². The highest BCUT2D eigenvalue weighted by Gasteiger charge is 2.37. The van der Waals surface area contributed by atoms with Crippen LogP contribution in [0, 0.1) is 11.8 Å². The van der Waals surface area contributed by atoms with Gasteiger partial charge in [0.05, 0.1) is 0 Å². The van der Waals surface area contributed by atoms with Gasteiger partial charge >= 0.3 is 0 Å². The molecule has 1 aliphatic heterocycles. The van der Waals surface area contributed by atoms with Crippen molar-refractivity contribution in [1.29, 1.82) is 0 Å². The molecule has 0 spiro atoms. The first kappa shape index (κ1) is 17.1. The number of likely N-dealkylation sites (tertiary alicyclic amines) is 1. The molecule has 114 valence electrons. The molecule has 2 N–H and O–H groups in total. The van der Waals surface area contributed by atoms with Crippen molar-refractivity contribution in [3.8, 4) is 0 Å². The highest BCUT2D eigenvalue weighted by Crippen LogP contribution is 2.37. The number of alkyl halides is 2. The van der Waals surface area contributed by atoms with E-state index in [1.165, 1.54) is 12.8 Å². The zero-order chi connectivity index (χ0) is 13.0. The number of hydrogen-bond donors (Lipinski definition) is 1. The Labute approximate surface area is 121 Å². The lowest BCUT2D eigenvalue weighted by Gasteiger charge is -2.37. The van der Waals surface area contributed by atoms with Crippen molar-refractivity contribution in [2.45, 2.75) is 50.9 Å². The highest BCUT2D eigenvalue weighted by molar-refractivity contribution is 5.85. The molecule has 2 unspecified atom stereocenters. The van der Waals surface area contributed by atoms with E-state index < -0.39 is 5.92 Å². The largest absolute Gasteiger partial charge is 0.330 e. The van der Waals surface area contributed by atoms with Crippen LogP contribution in [0.25, 0.3) is 0 Å². The SMILES string of the molecule is Cl.NCCC1CCCN(CC2CCCC(F)(F)C2)C1. The van der Waals surface area contributed by atoms with Crippen LogP contribution in [0.4, 0.5) is 8.78 Å². The van der Waals surface area contributed by atoms with Gasteiger partial charge in [0.15, 0.2) is 0 Å². The molecule has 0 bridgehead atoms. The van der Waals surface area contributed by atoms with E-state index in [1.807, 2.05) is 0 Å². The summed E-state index contributed by atoms with van der Waals surface area (Å²) in [4.78, 5) is 2.40. The maximum absolute atomic E-state index is 13.4. The van der Waals surface area contributed by atoms with Crippen LogP contribution < -0.4 is 5.73 Å². The van der Waals surface area contributed by atoms with Gasteiger partial charge in [0.2, 0.25) is 5.92 Å². The predicted molar refractivity (Wildman–Crippen MR) is 77.0 cm³/mol. The third kappa shape index (κ3) is 5.52. The molecule has 2 fully saturated rings. The van der Waals surface area contributed by atoms with E-state index >= 15 is 0 Å². The zero-order valence-corrected chi connectivity index (χ0v) is 12.4. The van der Waals surface area contributed by atoms with E-state index in [0.717, 1.165) is 39.0 Å². The number of halogens is 3. The Hall–Kier alpha value is 0.0700. The fourth-order valence-corrected chi connectivity index (χ4v) is 3.59. The van der Waals surface area contributed by atoms with Crippen molar-refractivity contribution < 1.29 is 8.78 Å². The lowest BCUT2D eigenvalue weighted by atomic mass is 9.85. The first-order chi connectivity index (χ1) is 8.59. The minimum absolute atomic E-state index is 0. The number of rotatable bonds is 4. The van der Waals surface area contributed by atoms with Crippen molar-refractivity contribution in [2.24, 2.45) is 17.6 Å². The number of piperidine rings is 1. The molecular weight excluding hydrogens is 270 g/mol. The number of hydrogen-bond acceptors (Lipinski definition) is 2. The summed E-state index contributed by atoms with van der Waals surface area (Å²) in [7, 11) is 0. The van der Waals surface area contributed by atoms with Gasteiger partial charge in [0, 0.05) is 25.9 Å². The van der Waals surface area contributed by atoms with Crippen LogP contribution in [0.3, 0.4) is 0 Å². The topological polar surface area (TPSA) is 29.3 Å². The molecule has 1 saturated heterocycles. The van der Waals surface area contributed by atoms with Crippen LogP contribution in [0.2, 0.25) is 0 Å². The van der Waals surface area contributed by atoms with E-state index in [4.69, 9.17) is 5.73 Å². The second kappa shape index (κ2) is 7.75. The number of nitrogens with two attached hydrogens (primary N) is 1. The average Bonchev–Trinajstić information content (AvgIpc) is 2.28. The van der Waals surface area contributed by atoms with Crippen LogP contribution in [-0.2, 0) is 0 Å². The van der Waals surface area contributed by atoms with Crippen molar-refractivity contribution in [1.82, 2.24) is 4.90 Å². The summed E-state index contributed by atoms with van der Waals surface area (Å²) >= 11 is 0. The van der Waals surface area contributed by atoms with Crippen LogP contribution in [0.1, 0.15) is 44.9 Å². The van der Waals surface area contributed by atoms with Crippen LogP contribution in [-0.4, -0.2) is 37.0 Å². The molecule has 1 saturated carbocycles. The highest BCUT2D eigenvalue weighted by atomic mass is 35.5. The molecule has 1 aliphatic carbocycles. The minimum atomic E-state index is -2.41. The van der Waals surface area contributed by atoms with E-state index in [0.29, 0.717) is 12.3 Å². The van der Waals surface area contributed by atoms with Crippen LogP contribution in [0.5, 0.6) is 0 Å². The molecule has 2 atom stereocenters. The molecule has 5 heteroatoms. The molecule has 19 heavy (non-hydrogen) atoms. The van der Waals surface area contributed by atoms with Crippen molar-refractivity contribution in [3.63, 3.8) is 0 Å². The molecule has 0 radical (unpaired) electrons. The molecule has 2 aliphatic rings. The molecule has 0 aromatic heterocycles. The molecule has 1 heterocycles. The van der Waals surface area contributed by atoms with Crippen molar-refractivity contribution in [2.75, 3.05) is 26.2 Å². The average molecular weight is 297 g/mol. The molecule has 2 nitrogen and oxygen atoms in total. The van der Waals surface area contributed by atoms with Crippen LogP contribution >= 0.6 is 12.4 Å². The van der Waals surface area contributed by atoms with E-state index in [-0.39, 0.29) is 31.2 Å². The van der Waals surface area contributed by atoms with Gasteiger partial charge in [-0.2, -0.15) is 0 Å². The summed E-state index contributed by atoms with van der Waals surface area (Å²) in [6.45, 7) is 3.78. The molecule has 0 amide bonds. The van der Waals surface area contributed by atoms with Gasteiger partial charge in [-0.15, -0.1) is 12.4 Å². The molecule has 0 aromatic rings. The monoisotopic (exact) mass is 296 g/mol. The molecule has 0 aromatic carbocycles. The van der Waals surface area contributed by atoms with Gasteiger partial charge in [0.25, 0.3) is 0 Å². The standard InChI is InChI=1S/C14H26F2N2.ClH/c15-14(16)6-1-3-13(9-14)11-18-8-2-4-12(10-18)5-7-17;/h12-13H,1-11,17H2;1H. The molecule has 2 rings (SSSR count). The van der Waals surface area contributed by atoms with Crippen molar-refractivity contribution in [3.05, 3.63) is 0 Å². The maximum atomic E-state index is 13.4. The Kier molecular flexibility index (Phi) is 6.98. The smallest absolute Gasteiger partial charge is 0.248 e. The Morgan fingerprint density at radius 2 is 1.89 bits per heavy atom. The summed E-state index contributed by atoms with van der Waals surface area (Å²) in [5.74, 6) is -1.52. The summed E-state index contributed by atoms with van der Waals surface area (Å²) < 4.78 is 26.7. The molecular formula is C14H27ClF2N2. The third-order valence-electron chi connectivity index (χ3n) is 4.44. The maximum Gasteiger partial charge on any atom is 0.248 e. The lowest BCUT2D eigenvalue weighted by Crippen LogP contribution is -2.41. The van der Waals surface area contributed by atoms with Gasteiger partial charge in [0.1, 0.15) is 0 Å². The first-order valence-electron chi connectivity index (χ1n) is 7.39. The third-order valence-corrected chi connectivity index (χ3v) is 4.44. The minimum Gasteiger partial charge on any atom is -0.330 e. The summed E-state index contributed by atoms with van der Waals surface area (Å²) in [5.41, 5.74) is 5.61.